The van der Waals surface area contributed by atoms with E-state index in [4.69, 9.17) is 0 Å². The van der Waals surface area contributed by atoms with Gasteiger partial charge in [-0.05, 0) is 145 Å². The molecule has 0 heterocycles. The zero-order valence-electron chi connectivity index (χ0n) is 27.1. The van der Waals surface area contributed by atoms with Gasteiger partial charge in [0.05, 0.1) is 0 Å². The minimum atomic E-state index is 1.10. The molecule has 0 fully saturated rings. The molecule has 0 atom stereocenters. The van der Waals surface area contributed by atoms with Crippen molar-refractivity contribution in [2.75, 3.05) is 0 Å². The summed E-state index contributed by atoms with van der Waals surface area (Å²) in [5.41, 5.74) is 26.5. The fourth-order valence-corrected chi connectivity index (χ4v) is 8.86. The highest BCUT2D eigenvalue weighted by Crippen LogP contribution is 2.44. The summed E-state index contributed by atoms with van der Waals surface area (Å²) in [5, 5.41) is 0. The van der Waals surface area contributed by atoms with Crippen LogP contribution in [0.5, 0.6) is 0 Å². The molecule has 6 aromatic rings. The summed E-state index contributed by atoms with van der Waals surface area (Å²) in [7, 11) is 0. The van der Waals surface area contributed by atoms with Crippen LogP contribution >= 0.6 is 0 Å². The number of fused-ring (bicyclic) bond motifs is 14. The first kappa shape index (κ1) is 27.6. The van der Waals surface area contributed by atoms with Crippen molar-refractivity contribution in [2.45, 2.75) is 38.5 Å². The lowest BCUT2D eigenvalue weighted by Gasteiger charge is -2.08. The summed E-state index contributed by atoms with van der Waals surface area (Å²) >= 11 is 0. The Hall–Kier alpha value is -5.46. The van der Waals surface area contributed by atoms with Gasteiger partial charge < -0.3 is 0 Å². The van der Waals surface area contributed by atoms with Crippen molar-refractivity contribution in [3.63, 3.8) is 0 Å². The standard InChI is InChI=1S/3C16H12/c1-2-7-15-13(4-1)9-14-8-11-5-3-6-12(11)10-16(14)15;2*1-2-6-15-12(4-1)10-13-9-8-11-5-3-7-14(11)16(13)15/h1-5,7-8,10H,6,9H2;1-4,6-9H,5,10H2;1-6,8-9H,7,10H2. The molecule has 0 N–H and O–H groups in total. The quantitative estimate of drug-likeness (QED) is 0.160. The smallest absolute Gasteiger partial charge is 0.00132 e. The zero-order chi connectivity index (χ0) is 31.6. The molecule has 6 aliphatic carbocycles. The molecule has 0 nitrogen and oxygen atoms in total. The first-order chi connectivity index (χ1) is 23.8. The molecule has 6 aromatic carbocycles. The highest BCUT2D eigenvalue weighted by Gasteiger charge is 2.24. The molecule has 0 heteroatoms. The monoisotopic (exact) mass is 612 g/mol. The maximum Gasteiger partial charge on any atom is -0.00132 e. The van der Waals surface area contributed by atoms with Gasteiger partial charge in [0.25, 0.3) is 0 Å². The fraction of sp³-hybridized carbons (Fsp3) is 0.125. The maximum atomic E-state index is 2.39. The van der Waals surface area contributed by atoms with Gasteiger partial charge in [0.1, 0.15) is 0 Å². The third-order valence-electron chi connectivity index (χ3n) is 11.1. The molecule has 0 unspecified atom stereocenters. The molecule has 48 heavy (non-hydrogen) atoms. The van der Waals surface area contributed by atoms with Crippen LogP contribution < -0.4 is 0 Å². The molecule has 6 aliphatic rings. The van der Waals surface area contributed by atoms with E-state index in [0.717, 1.165) is 38.5 Å². The van der Waals surface area contributed by atoms with Gasteiger partial charge in [-0.3, -0.25) is 0 Å². The van der Waals surface area contributed by atoms with Gasteiger partial charge in [0.2, 0.25) is 0 Å². The lowest BCUT2D eigenvalue weighted by atomic mass is 9.96. The van der Waals surface area contributed by atoms with Crippen molar-refractivity contribution in [2.24, 2.45) is 0 Å². The lowest BCUT2D eigenvalue weighted by molar-refractivity contribution is 1.24. The van der Waals surface area contributed by atoms with Crippen LogP contribution in [-0.4, -0.2) is 0 Å². The Labute approximate surface area is 283 Å². The summed E-state index contributed by atoms with van der Waals surface area (Å²) in [6.07, 6.45) is 20.2. The third-order valence-corrected chi connectivity index (χ3v) is 11.1. The van der Waals surface area contributed by atoms with Gasteiger partial charge in [-0.15, -0.1) is 0 Å². The minimum absolute atomic E-state index is 1.10. The first-order valence-electron chi connectivity index (χ1n) is 17.5. The predicted molar refractivity (Wildman–Crippen MR) is 202 cm³/mol. The van der Waals surface area contributed by atoms with E-state index in [1.54, 1.807) is 0 Å². The van der Waals surface area contributed by atoms with Crippen molar-refractivity contribution in [1.29, 1.82) is 0 Å². The lowest BCUT2D eigenvalue weighted by Crippen LogP contribution is -1.89. The Morgan fingerprint density at radius 2 is 0.896 bits per heavy atom. The van der Waals surface area contributed by atoms with E-state index in [0.29, 0.717) is 0 Å². The third kappa shape index (κ3) is 4.44. The van der Waals surface area contributed by atoms with E-state index in [1.165, 1.54) is 100 Å². The Bertz CT molecular complexity index is 2390. The van der Waals surface area contributed by atoms with Gasteiger partial charge in [0.15, 0.2) is 0 Å². The SMILES string of the molecule is C1=Cc2c(ccc3c2-c2ccccc2C3)C1.C1=Cc2cc3c(cc2C1)-c1ccccc1C3.C1=Cc2ccc3c(c2C1)-c1ccccc1C3. The minimum Gasteiger partial charge on any atom is -0.0795 e. The Kier molecular flexibility index (Phi) is 6.37. The van der Waals surface area contributed by atoms with Crippen molar-refractivity contribution < 1.29 is 0 Å². The van der Waals surface area contributed by atoms with Crippen LogP contribution in [0.15, 0.2) is 127 Å². The summed E-state index contributed by atoms with van der Waals surface area (Å²) in [4.78, 5) is 0. The topological polar surface area (TPSA) is 0 Å². The highest BCUT2D eigenvalue weighted by molar-refractivity contribution is 5.87. The zero-order valence-corrected chi connectivity index (χ0v) is 27.1. The van der Waals surface area contributed by atoms with E-state index in [2.05, 4.69) is 146 Å². The normalized spacial score (nSPS) is 14.8. The van der Waals surface area contributed by atoms with E-state index < -0.39 is 0 Å². The van der Waals surface area contributed by atoms with Gasteiger partial charge in [-0.25, -0.2) is 0 Å². The molecular formula is C48H36. The highest BCUT2D eigenvalue weighted by atomic mass is 14.3. The van der Waals surface area contributed by atoms with Gasteiger partial charge in [-0.2, -0.15) is 0 Å². The second-order valence-corrected chi connectivity index (χ2v) is 13.9. The molecule has 0 aliphatic heterocycles. The Morgan fingerprint density at radius 1 is 0.333 bits per heavy atom. The van der Waals surface area contributed by atoms with Crippen molar-refractivity contribution >= 4 is 18.2 Å². The summed E-state index contributed by atoms with van der Waals surface area (Å²) in [5.74, 6) is 0. The number of allylic oxidation sites excluding steroid dienone is 3. The first-order valence-corrected chi connectivity index (χ1v) is 17.5. The molecule has 228 valence electrons. The van der Waals surface area contributed by atoms with Crippen LogP contribution in [0.3, 0.4) is 0 Å². The van der Waals surface area contributed by atoms with Crippen LogP contribution in [-0.2, 0) is 38.5 Å². The van der Waals surface area contributed by atoms with Crippen LogP contribution in [0.4, 0.5) is 0 Å². The summed E-state index contributed by atoms with van der Waals surface area (Å²) < 4.78 is 0. The van der Waals surface area contributed by atoms with E-state index in [1.807, 2.05) is 0 Å². The largest absolute Gasteiger partial charge is 0.0795 e. The van der Waals surface area contributed by atoms with Crippen LogP contribution in [0.25, 0.3) is 51.6 Å². The molecule has 0 saturated carbocycles. The van der Waals surface area contributed by atoms with Gasteiger partial charge >= 0.3 is 0 Å². The second kappa shape index (κ2) is 11.1. The van der Waals surface area contributed by atoms with E-state index in [9.17, 15) is 0 Å². The van der Waals surface area contributed by atoms with Gasteiger partial charge in [-0.1, -0.05) is 140 Å². The molecule has 0 saturated heterocycles. The number of hydrogen-bond donors (Lipinski definition) is 0. The van der Waals surface area contributed by atoms with Gasteiger partial charge in [0, 0.05) is 0 Å². The molecule has 0 spiro atoms. The molecule has 12 rings (SSSR count). The van der Waals surface area contributed by atoms with Crippen LogP contribution in [0, 0.1) is 0 Å². The Morgan fingerprint density at radius 3 is 1.71 bits per heavy atom. The number of benzene rings is 6. The molecular weight excluding hydrogens is 577 g/mol. The second-order valence-electron chi connectivity index (χ2n) is 13.9. The average Bonchev–Trinajstić information content (AvgIpc) is 3.97. The average molecular weight is 613 g/mol. The number of rotatable bonds is 0. The van der Waals surface area contributed by atoms with Crippen LogP contribution in [0.1, 0.15) is 66.8 Å². The van der Waals surface area contributed by atoms with Crippen molar-refractivity contribution in [3.05, 3.63) is 194 Å². The molecule has 0 aromatic heterocycles. The summed E-state index contributed by atoms with van der Waals surface area (Å²) in [6, 6.07) is 40.3. The van der Waals surface area contributed by atoms with E-state index >= 15 is 0 Å². The van der Waals surface area contributed by atoms with Crippen molar-refractivity contribution in [1.82, 2.24) is 0 Å². The molecule has 0 radical (unpaired) electrons. The van der Waals surface area contributed by atoms with Crippen molar-refractivity contribution in [3.8, 4) is 33.4 Å². The molecule has 0 bridgehead atoms. The predicted octanol–water partition coefficient (Wildman–Crippen LogP) is 11.5. The van der Waals surface area contributed by atoms with E-state index in [-0.39, 0.29) is 0 Å². The molecule has 0 amide bonds. The van der Waals surface area contributed by atoms with Crippen LogP contribution in [0.2, 0.25) is 0 Å². The maximum absolute atomic E-state index is 2.39. The Balaban J connectivity index is 0.0000000923. The summed E-state index contributed by atoms with van der Waals surface area (Å²) in [6.45, 7) is 0. The number of hydrogen-bond acceptors (Lipinski definition) is 0. The fourth-order valence-electron chi connectivity index (χ4n) is 8.86.